The van der Waals surface area contributed by atoms with Crippen LogP contribution in [-0.2, 0) is 24.3 Å². The van der Waals surface area contributed by atoms with E-state index in [0.717, 1.165) is 22.6 Å². The highest BCUT2D eigenvalue weighted by molar-refractivity contribution is 7.71. The van der Waals surface area contributed by atoms with Crippen molar-refractivity contribution < 1.29 is 4.74 Å². The van der Waals surface area contributed by atoms with Gasteiger partial charge in [-0.25, -0.2) is 4.68 Å². The van der Waals surface area contributed by atoms with E-state index < -0.39 is 0 Å². The third kappa shape index (κ3) is 5.71. The molecule has 1 unspecified atom stereocenters. The molecular formula is C25H21Cl2N7OS. The zero-order valence-electron chi connectivity index (χ0n) is 19.0. The molecule has 2 heterocycles. The van der Waals surface area contributed by atoms with Crippen LogP contribution in [0.2, 0.25) is 10.0 Å². The van der Waals surface area contributed by atoms with Gasteiger partial charge in [0, 0.05) is 22.2 Å². The lowest BCUT2D eigenvalue weighted by atomic mass is 10.1. The van der Waals surface area contributed by atoms with Crippen LogP contribution in [0.3, 0.4) is 0 Å². The first-order chi connectivity index (χ1) is 17.6. The number of benzene rings is 3. The van der Waals surface area contributed by atoms with Crippen molar-refractivity contribution in [3.63, 3.8) is 0 Å². The molecular weight excluding hydrogens is 517 g/mol. The highest BCUT2D eigenvalue weighted by Crippen LogP contribution is 2.24. The first kappa shape index (κ1) is 24.3. The molecule has 0 radical (unpaired) electrons. The standard InChI is InChI=1S/C25H21Cl2N7OS/c26-19-8-6-18(7-9-19)22(15-33-23(29-31-32-33)14-17-4-2-1-3-5-17)35-16-24-28-30-25(36)34(24)21-12-10-20(27)11-13-21/h1-13,22H,14-16H2,(H,30,36). The molecule has 1 atom stereocenters. The van der Waals surface area contributed by atoms with Crippen LogP contribution in [0.15, 0.2) is 78.9 Å². The van der Waals surface area contributed by atoms with Gasteiger partial charge in [-0.05, 0) is 70.2 Å². The first-order valence-corrected chi connectivity index (χ1v) is 12.3. The fourth-order valence-electron chi connectivity index (χ4n) is 3.82. The van der Waals surface area contributed by atoms with Gasteiger partial charge in [0.05, 0.1) is 6.54 Å². The summed E-state index contributed by atoms with van der Waals surface area (Å²) >= 11 is 17.6. The lowest BCUT2D eigenvalue weighted by Crippen LogP contribution is -2.17. The van der Waals surface area contributed by atoms with Gasteiger partial charge in [0.2, 0.25) is 0 Å². The van der Waals surface area contributed by atoms with E-state index in [4.69, 9.17) is 40.2 Å². The summed E-state index contributed by atoms with van der Waals surface area (Å²) in [4.78, 5) is 0. The second-order valence-corrected chi connectivity index (χ2v) is 9.31. The normalized spacial score (nSPS) is 12.1. The molecule has 0 bridgehead atoms. The van der Waals surface area contributed by atoms with Crippen LogP contribution in [0.5, 0.6) is 0 Å². The number of hydrogen-bond acceptors (Lipinski definition) is 6. The molecule has 1 N–H and O–H groups in total. The number of halogens is 2. The summed E-state index contributed by atoms with van der Waals surface area (Å²) in [6.07, 6.45) is 0.236. The summed E-state index contributed by atoms with van der Waals surface area (Å²) in [7, 11) is 0. The fraction of sp³-hybridized carbons (Fsp3) is 0.160. The van der Waals surface area contributed by atoms with E-state index >= 15 is 0 Å². The Balaban J connectivity index is 1.40. The predicted octanol–water partition coefficient (Wildman–Crippen LogP) is 5.77. The number of nitrogens with one attached hydrogen (secondary N) is 1. The molecule has 0 amide bonds. The summed E-state index contributed by atoms with van der Waals surface area (Å²) in [5.74, 6) is 1.37. The largest absolute Gasteiger partial charge is 0.364 e. The van der Waals surface area contributed by atoms with Gasteiger partial charge in [-0.1, -0.05) is 65.7 Å². The maximum Gasteiger partial charge on any atom is 0.199 e. The Hall–Kier alpha value is -3.37. The fourth-order valence-corrected chi connectivity index (χ4v) is 4.33. The van der Waals surface area contributed by atoms with Gasteiger partial charge in [0.15, 0.2) is 16.4 Å². The highest BCUT2D eigenvalue weighted by atomic mass is 35.5. The molecule has 5 rings (SSSR count). The summed E-state index contributed by atoms with van der Waals surface area (Å²) in [6, 6.07) is 25.0. The van der Waals surface area contributed by atoms with Crippen LogP contribution in [0.1, 0.15) is 28.9 Å². The number of tetrazole rings is 1. The van der Waals surface area contributed by atoms with Crippen LogP contribution in [0.25, 0.3) is 5.69 Å². The maximum atomic E-state index is 6.40. The zero-order valence-corrected chi connectivity index (χ0v) is 21.3. The Bertz CT molecular complexity index is 1480. The molecule has 0 saturated heterocycles. The summed E-state index contributed by atoms with van der Waals surface area (Å²) < 4.78 is 10.4. The summed E-state index contributed by atoms with van der Waals surface area (Å²) in [5.41, 5.74) is 2.90. The molecule has 2 aromatic heterocycles. The number of aromatic amines is 1. The minimum Gasteiger partial charge on any atom is -0.364 e. The van der Waals surface area contributed by atoms with Gasteiger partial charge >= 0.3 is 0 Å². The van der Waals surface area contributed by atoms with E-state index in [1.807, 2.05) is 71.3 Å². The topological polar surface area (TPSA) is 86.4 Å². The molecule has 36 heavy (non-hydrogen) atoms. The highest BCUT2D eigenvalue weighted by Gasteiger charge is 2.19. The molecule has 0 aliphatic rings. The van der Waals surface area contributed by atoms with Crippen LogP contribution < -0.4 is 0 Å². The molecule has 182 valence electrons. The smallest absolute Gasteiger partial charge is 0.199 e. The lowest BCUT2D eigenvalue weighted by Gasteiger charge is -2.19. The van der Waals surface area contributed by atoms with Gasteiger partial charge in [-0.15, -0.1) is 5.10 Å². The minimum atomic E-state index is -0.371. The van der Waals surface area contributed by atoms with Crippen molar-refractivity contribution >= 4 is 35.4 Å². The van der Waals surface area contributed by atoms with E-state index in [1.54, 1.807) is 16.8 Å². The zero-order chi connectivity index (χ0) is 24.9. The van der Waals surface area contributed by atoms with E-state index in [1.165, 1.54) is 0 Å². The number of aromatic nitrogens is 7. The number of nitrogens with zero attached hydrogens (tertiary/aromatic N) is 6. The Kier molecular flexibility index (Phi) is 7.52. The Morgan fingerprint density at radius 1 is 0.889 bits per heavy atom. The van der Waals surface area contributed by atoms with E-state index in [9.17, 15) is 0 Å². The quantitative estimate of drug-likeness (QED) is 0.240. The van der Waals surface area contributed by atoms with Crippen molar-refractivity contribution in [3.8, 4) is 5.69 Å². The predicted molar refractivity (Wildman–Crippen MR) is 140 cm³/mol. The molecule has 0 fully saturated rings. The van der Waals surface area contributed by atoms with Crippen molar-refractivity contribution in [3.05, 3.63) is 116 Å². The second kappa shape index (κ2) is 11.1. The van der Waals surface area contributed by atoms with Gasteiger partial charge in [0.25, 0.3) is 0 Å². The molecule has 8 nitrogen and oxygen atoms in total. The van der Waals surface area contributed by atoms with Crippen molar-refractivity contribution in [1.29, 1.82) is 0 Å². The van der Waals surface area contributed by atoms with Crippen LogP contribution >= 0.6 is 35.4 Å². The molecule has 3 aromatic carbocycles. The lowest BCUT2D eigenvalue weighted by molar-refractivity contribution is 0.0205. The van der Waals surface area contributed by atoms with Gasteiger partial charge in [0.1, 0.15) is 12.7 Å². The van der Waals surface area contributed by atoms with Crippen LogP contribution in [0.4, 0.5) is 0 Å². The monoisotopic (exact) mass is 537 g/mol. The Morgan fingerprint density at radius 2 is 1.58 bits per heavy atom. The Labute approximate surface area is 222 Å². The maximum absolute atomic E-state index is 6.40. The summed E-state index contributed by atoms with van der Waals surface area (Å²) in [5, 5.41) is 20.9. The van der Waals surface area contributed by atoms with E-state index in [0.29, 0.717) is 33.6 Å². The molecule has 5 aromatic rings. The average Bonchev–Trinajstić information content (AvgIpc) is 3.49. The number of rotatable bonds is 9. The van der Waals surface area contributed by atoms with E-state index in [2.05, 4.69) is 25.7 Å². The first-order valence-electron chi connectivity index (χ1n) is 11.1. The van der Waals surface area contributed by atoms with Crippen molar-refractivity contribution in [1.82, 2.24) is 35.0 Å². The number of H-pyrrole nitrogens is 1. The SMILES string of the molecule is S=c1[nH]nc(COC(Cn2nnnc2Cc2ccccc2)c2ccc(Cl)cc2)n1-c1ccc(Cl)cc1. The molecule has 0 spiro atoms. The Morgan fingerprint density at radius 3 is 2.31 bits per heavy atom. The number of hydrogen-bond donors (Lipinski definition) is 1. The third-order valence-electron chi connectivity index (χ3n) is 5.63. The van der Waals surface area contributed by atoms with Crippen molar-refractivity contribution in [2.75, 3.05) is 0 Å². The van der Waals surface area contributed by atoms with Crippen LogP contribution in [-0.4, -0.2) is 35.0 Å². The van der Waals surface area contributed by atoms with E-state index in [-0.39, 0.29) is 12.7 Å². The molecule has 0 saturated carbocycles. The second-order valence-electron chi connectivity index (χ2n) is 8.05. The minimum absolute atomic E-state index is 0.194. The molecule has 11 heteroatoms. The number of ether oxygens (including phenoxy) is 1. The van der Waals surface area contributed by atoms with Gasteiger partial charge in [-0.2, -0.15) is 5.10 Å². The van der Waals surface area contributed by atoms with Gasteiger partial charge in [-0.3, -0.25) is 9.67 Å². The summed E-state index contributed by atoms with van der Waals surface area (Å²) in [6.45, 7) is 0.599. The molecule has 0 aliphatic carbocycles. The third-order valence-corrected chi connectivity index (χ3v) is 6.41. The average molecular weight is 538 g/mol. The van der Waals surface area contributed by atoms with Crippen molar-refractivity contribution in [2.45, 2.75) is 25.7 Å². The van der Waals surface area contributed by atoms with Crippen LogP contribution in [0, 0.1) is 4.77 Å². The van der Waals surface area contributed by atoms with Crippen molar-refractivity contribution in [2.24, 2.45) is 0 Å². The molecule has 0 aliphatic heterocycles. The van der Waals surface area contributed by atoms with Gasteiger partial charge < -0.3 is 4.74 Å².